The number of fused-ring (bicyclic) bond motifs is 1. The molecule has 2 rings (SSSR count). The van der Waals surface area contributed by atoms with Crippen LogP contribution in [0.4, 0.5) is 5.69 Å². The largest absolute Gasteiger partial charge is 0.334 e. The van der Waals surface area contributed by atoms with E-state index in [1.165, 1.54) is 4.52 Å². The zero-order chi connectivity index (χ0) is 14.4. The van der Waals surface area contributed by atoms with Crippen molar-refractivity contribution in [1.29, 1.82) is 0 Å². The summed E-state index contributed by atoms with van der Waals surface area (Å²) in [6, 6.07) is 3.51. The lowest BCUT2D eigenvalue weighted by Gasteiger charge is -2.02. The Morgan fingerprint density at radius 1 is 1.42 bits per heavy atom. The second-order valence-corrected chi connectivity index (χ2v) is 6.23. The Kier molecular flexibility index (Phi) is 3.05. The molecule has 7 nitrogen and oxygen atoms in total. The number of aromatic nitrogens is 2. The van der Waals surface area contributed by atoms with Gasteiger partial charge in [0.05, 0.1) is 4.92 Å². The molecule has 2 heterocycles. The van der Waals surface area contributed by atoms with E-state index in [4.69, 9.17) is 0 Å². The van der Waals surface area contributed by atoms with Gasteiger partial charge in [0.15, 0.2) is 0 Å². The SMILES string of the molecule is CCc1ccc(C)n2nc(S(C)(=O)=O)c([N+](=O)[O-])c12. The number of rotatable bonds is 3. The minimum Gasteiger partial charge on any atom is -0.258 e. The Bertz CT molecular complexity index is 777. The number of hydrogen-bond donors (Lipinski definition) is 0. The molecule has 8 heteroatoms. The zero-order valence-corrected chi connectivity index (χ0v) is 11.6. The van der Waals surface area contributed by atoms with E-state index in [9.17, 15) is 18.5 Å². The fourth-order valence-electron chi connectivity index (χ4n) is 2.00. The minimum absolute atomic E-state index is 0.257. The monoisotopic (exact) mass is 283 g/mol. The van der Waals surface area contributed by atoms with E-state index in [-0.39, 0.29) is 5.52 Å². The standard InChI is InChI=1S/C11H13N3O4S/c1-4-8-6-5-7(2)13-9(8)10(14(15)16)11(12-13)19(3,17)18/h5-6H,4H2,1-3H3. The van der Waals surface area contributed by atoms with Gasteiger partial charge in [-0.2, -0.15) is 0 Å². The summed E-state index contributed by atoms with van der Waals surface area (Å²) < 4.78 is 24.6. The number of aryl methyl sites for hydroxylation is 2. The molecule has 0 aliphatic heterocycles. The maximum absolute atomic E-state index is 11.7. The van der Waals surface area contributed by atoms with Crippen molar-refractivity contribution in [2.24, 2.45) is 0 Å². The summed E-state index contributed by atoms with van der Waals surface area (Å²) in [6.45, 7) is 3.57. The van der Waals surface area contributed by atoms with Crippen LogP contribution in [0.25, 0.3) is 5.52 Å². The van der Waals surface area contributed by atoms with Gasteiger partial charge in [0.1, 0.15) is 5.52 Å². The van der Waals surface area contributed by atoms with Gasteiger partial charge in [-0.1, -0.05) is 13.0 Å². The molecule has 0 bridgehead atoms. The first-order valence-electron chi connectivity index (χ1n) is 5.63. The Hall–Kier alpha value is -1.96. The molecule has 102 valence electrons. The molecular weight excluding hydrogens is 270 g/mol. The molecule has 0 radical (unpaired) electrons. The highest BCUT2D eigenvalue weighted by atomic mass is 32.2. The van der Waals surface area contributed by atoms with Gasteiger partial charge >= 0.3 is 5.69 Å². The molecule has 0 amide bonds. The molecule has 2 aromatic heterocycles. The van der Waals surface area contributed by atoms with E-state index >= 15 is 0 Å². The van der Waals surface area contributed by atoms with Gasteiger partial charge in [0.2, 0.25) is 9.84 Å². The van der Waals surface area contributed by atoms with Crippen LogP contribution >= 0.6 is 0 Å². The van der Waals surface area contributed by atoms with Gasteiger partial charge in [0.25, 0.3) is 5.03 Å². The lowest BCUT2D eigenvalue weighted by Crippen LogP contribution is -2.02. The van der Waals surface area contributed by atoms with Gasteiger partial charge < -0.3 is 0 Å². The fraction of sp³-hybridized carbons (Fsp3) is 0.364. The van der Waals surface area contributed by atoms with E-state index in [1.54, 1.807) is 19.1 Å². The molecule has 0 N–H and O–H groups in total. The second-order valence-electron chi connectivity index (χ2n) is 4.30. The highest BCUT2D eigenvalue weighted by molar-refractivity contribution is 7.90. The lowest BCUT2D eigenvalue weighted by atomic mass is 10.1. The number of hydrogen-bond acceptors (Lipinski definition) is 5. The predicted octanol–water partition coefficient (Wildman–Crippen LogP) is 1.52. The van der Waals surface area contributed by atoms with Crippen LogP contribution in [0.15, 0.2) is 17.2 Å². The summed E-state index contributed by atoms with van der Waals surface area (Å²) in [5.41, 5.74) is 1.15. The van der Waals surface area contributed by atoms with Crippen molar-refractivity contribution in [3.63, 3.8) is 0 Å². The van der Waals surface area contributed by atoms with Gasteiger partial charge in [-0.15, -0.1) is 5.10 Å². The summed E-state index contributed by atoms with van der Waals surface area (Å²) in [6.07, 6.45) is 1.47. The maximum atomic E-state index is 11.7. The van der Waals surface area contributed by atoms with Crippen LogP contribution in [0.3, 0.4) is 0 Å². The lowest BCUT2D eigenvalue weighted by molar-refractivity contribution is -0.386. The summed E-state index contributed by atoms with van der Waals surface area (Å²) >= 11 is 0. The van der Waals surface area contributed by atoms with Gasteiger partial charge in [0, 0.05) is 11.9 Å². The Morgan fingerprint density at radius 2 is 2.05 bits per heavy atom. The minimum atomic E-state index is -3.76. The molecule has 0 fully saturated rings. The van der Waals surface area contributed by atoms with Crippen LogP contribution in [0.1, 0.15) is 18.2 Å². The molecule has 0 saturated carbocycles. The molecule has 0 spiro atoms. The summed E-state index contributed by atoms with van der Waals surface area (Å²) in [5.74, 6) is 0. The molecule has 0 unspecified atom stereocenters. The number of pyridine rings is 1. The third-order valence-electron chi connectivity index (χ3n) is 2.91. The summed E-state index contributed by atoms with van der Waals surface area (Å²) in [5, 5.41) is 14.6. The van der Waals surface area contributed by atoms with Crippen LogP contribution in [0, 0.1) is 17.0 Å². The number of nitro groups is 1. The first-order valence-corrected chi connectivity index (χ1v) is 7.52. The first-order chi connectivity index (χ1) is 8.77. The average Bonchev–Trinajstić information content (AvgIpc) is 2.70. The Morgan fingerprint density at radius 3 is 2.53 bits per heavy atom. The molecule has 0 atom stereocenters. The predicted molar refractivity (Wildman–Crippen MR) is 69.1 cm³/mol. The van der Waals surface area contributed by atoms with Crippen LogP contribution in [-0.4, -0.2) is 29.2 Å². The smallest absolute Gasteiger partial charge is 0.258 e. The van der Waals surface area contributed by atoms with E-state index in [0.29, 0.717) is 17.7 Å². The van der Waals surface area contributed by atoms with Gasteiger partial charge in [-0.05, 0) is 25.0 Å². The van der Waals surface area contributed by atoms with Crippen molar-refractivity contribution in [2.45, 2.75) is 25.3 Å². The van der Waals surface area contributed by atoms with Crippen LogP contribution in [0.5, 0.6) is 0 Å². The van der Waals surface area contributed by atoms with Crippen molar-refractivity contribution in [1.82, 2.24) is 9.61 Å². The average molecular weight is 283 g/mol. The quantitative estimate of drug-likeness (QED) is 0.628. The third-order valence-corrected chi connectivity index (χ3v) is 3.89. The van der Waals surface area contributed by atoms with E-state index in [0.717, 1.165) is 6.26 Å². The molecule has 2 aromatic rings. The van der Waals surface area contributed by atoms with E-state index in [2.05, 4.69) is 5.10 Å². The molecule has 19 heavy (non-hydrogen) atoms. The van der Waals surface area contributed by atoms with Crippen molar-refractivity contribution in [3.05, 3.63) is 33.5 Å². The van der Waals surface area contributed by atoms with E-state index < -0.39 is 25.5 Å². The molecule has 0 saturated heterocycles. The molecule has 0 aliphatic rings. The Balaban J connectivity index is 3.06. The molecule has 0 aromatic carbocycles. The second kappa shape index (κ2) is 4.30. The maximum Gasteiger partial charge on any atom is 0.334 e. The first kappa shape index (κ1) is 13.5. The molecule has 0 aliphatic carbocycles. The van der Waals surface area contributed by atoms with Crippen molar-refractivity contribution < 1.29 is 13.3 Å². The van der Waals surface area contributed by atoms with E-state index in [1.807, 2.05) is 6.92 Å². The summed E-state index contributed by atoms with van der Waals surface area (Å²) in [4.78, 5) is 10.5. The van der Waals surface area contributed by atoms with Gasteiger partial charge in [-0.3, -0.25) is 10.1 Å². The number of nitrogens with zero attached hydrogens (tertiary/aromatic N) is 3. The topological polar surface area (TPSA) is 94.6 Å². The highest BCUT2D eigenvalue weighted by Crippen LogP contribution is 2.31. The van der Waals surface area contributed by atoms with Crippen LogP contribution < -0.4 is 0 Å². The van der Waals surface area contributed by atoms with Crippen LogP contribution in [0.2, 0.25) is 0 Å². The number of sulfone groups is 1. The zero-order valence-electron chi connectivity index (χ0n) is 10.7. The van der Waals surface area contributed by atoms with Gasteiger partial charge in [-0.25, -0.2) is 12.9 Å². The third kappa shape index (κ3) is 2.07. The highest BCUT2D eigenvalue weighted by Gasteiger charge is 2.32. The molecular formula is C11H13N3O4S. The van der Waals surface area contributed by atoms with Crippen LogP contribution in [-0.2, 0) is 16.3 Å². The van der Waals surface area contributed by atoms with Crippen molar-refractivity contribution in [2.75, 3.05) is 6.26 Å². The normalized spacial score (nSPS) is 11.9. The summed E-state index contributed by atoms with van der Waals surface area (Å²) in [7, 11) is -3.76. The van der Waals surface area contributed by atoms with Crippen molar-refractivity contribution in [3.8, 4) is 0 Å². The Labute approximate surface area is 109 Å². The van der Waals surface area contributed by atoms with Crippen molar-refractivity contribution >= 4 is 21.0 Å². The fourth-order valence-corrected chi connectivity index (χ4v) is 2.76.